The number of hydrogen-bond acceptors (Lipinski definition) is 3. The van der Waals surface area contributed by atoms with Gasteiger partial charge in [-0.1, -0.05) is 72.8 Å². The van der Waals surface area contributed by atoms with E-state index in [1.54, 1.807) is 12.1 Å². The van der Waals surface area contributed by atoms with Crippen LogP contribution in [0, 0.1) is 17.1 Å². The van der Waals surface area contributed by atoms with Crippen LogP contribution in [0.1, 0.15) is 22.7 Å². The molecule has 0 saturated carbocycles. The zero-order chi connectivity index (χ0) is 20.5. The first-order valence-electron chi connectivity index (χ1n) is 9.16. The second kappa shape index (κ2) is 9.86. The second-order valence-corrected chi connectivity index (χ2v) is 6.41. The number of nitrogens with zero attached hydrogens (tertiary/aromatic N) is 1. The van der Waals surface area contributed by atoms with Crippen LogP contribution < -0.4 is 10.6 Å². The van der Waals surface area contributed by atoms with Crippen LogP contribution in [-0.2, 0) is 11.3 Å². The highest BCUT2D eigenvalue weighted by Gasteiger charge is 2.19. The van der Waals surface area contributed by atoms with E-state index in [-0.39, 0.29) is 17.4 Å². The molecule has 1 amide bonds. The summed E-state index contributed by atoms with van der Waals surface area (Å²) in [5, 5.41) is 15.3. The van der Waals surface area contributed by atoms with Crippen molar-refractivity contribution in [3.05, 3.63) is 119 Å². The lowest BCUT2D eigenvalue weighted by atomic mass is 9.98. The zero-order valence-electron chi connectivity index (χ0n) is 15.7. The molecule has 2 N–H and O–H groups in total. The van der Waals surface area contributed by atoms with Gasteiger partial charge in [0.1, 0.15) is 17.5 Å². The van der Waals surface area contributed by atoms with E-state index in [0.29, 0.717) is 6.54 Å². The molecule has 3 aromatic carbocycles. The van der Waals surface area contributed by atoms with Crippen molar-refractivity contribution >= 4 is 5.91 Å². The zero-order valence-corrected chi connectivity index (χ0v) is 15.7. The van der Waals surface area contributed by atoms with Gasteiger partial charge in [-0.2, -0.15) is 5.26 Å². The van der Waals surface area contributed by atoms with E-state index in [9.17, 15) is 14.4 Å². The SMILES string of the molecule is N#C/C(=C/NCc1ccc(F)cc1)C(=O)NC(c1ccccc1)c1ccccc1. The van der Waals surface area contributed by atoms with Crippen molar-refractivity contribution in [3.8, 4) is 6.07 Å². The summed E-state index contributed by atoms with van der Waals surface area (Å²) in [5.74, 6) is -0.786. The molecule has 4 nitrogen and oxygen atoms in total. The first-order valence-corrected chi connectivity index (χ1v) is 9.16. The Kier molecular flexibility index (Phi) is 6.75. The Morgan fingerprint density at radius 2 is 1.48 bits per heavy atom. The van der Waals surface area contributed by atoms with Gasteiger partial charge in [-0.05, 0) is 28.8 Å². The third-order valence-corrected chi connectivity index (χ3v) is 4.37. The normalized spacial score (nSPS) is 11.0. The van der Waals surface area contributed by atoms with Gasteiger partial charge in [0.15, 0.2) is 0 Å². The topological polar surface area (TPSA) is 64.9 Å². The second-order valence-electron chi connectivity index (χ2n) is 6.41. The van der Waals surface area contributed by atoms with Crippen LogP contribution in [0.25, 0.3) is 0 Å². The maximum atomic E-state index is 13.0. The Bertz CT molecular complexity index is 970. The molecule has 0 saturated heterocycles. The molecule has 0 aliphatic carbocycles. The van der Waals surface area contributed by atoms with Gasteiger partial charge in [-0.3, -0.25) is 4.79 Å². The molecule has 0 heterocycles. The fraction of sp³-hybridized carbons (Fsp3) is 0.0833. The third kappa shape index (κ3) is 5.53. The van der Waals surface area contributed by atoms with E-state index in [4.69, 9.17) is 0 Å². The summed E-state index contributed by atoms with van der Waals surface area (Å²) in [6, 6.07) is 26.7. The van der Waals surface area contributed by atoms with Crippen molar-refractivity contribution in [2.24, 2.45) is 0 Å². The summed E-state index contributed by atoms with van der Waals surface area (Å²) in [6.45, 7) is 0.375. The Morgan fingerprint density at radius 1 is 0.931 bits per heavy atom. The summed E-state index contributed by atoms with van der Waals surface area (Å²) in [4.78, 5) is 12.7. The lowest BCUT2D eigenvalue weighted by Crippen LogP contribution is -2.30. The molecule has 0 unspecified atom stereocenters. The van der Waals surface area contributed by atoms with Crippen LogP contribution in [-0.4, -0.2) is 5.91 Å². The van der Waals surface area contributed by atoms with Gasteiger partial charge in [0.2, 0.25) is 0 Å². The minimum Gasteiger partial charge on any atom is -0.386 e. The molecule has 5 heteroatoms. The van der Waals surface area contributed by atoms with Crippen LogP contribution in [0.4, 0.5) is 4.39 Å². The highest BCUT2D eigenvalue weighted by Crippen LogP contribution is 2.22. The molecular weight excluding hydrogens is 365 g/mol. The largest absolute Gasteiger partial charge is 0.386 e. The van der Waals surface area contributed by atoms with Gasteiger partial charge in [0.05, 0.1) is 6.04 Å². The average Bonchev–Trinajstić information content (AvgIpc) is 2.77. The molecule has 0 bridgehead atoms. The summed E-state index contributed by atoms with van der Waals surface area (Å²) < 4.78 is 13.0. The van der Waals surface area contributed by atoms with Gasteiger partial charge >= 0.3 is 0 Å². The van der Waals surface area contributed by atoms with Crippen LogP contribution in [0.3, 0.4) is 0 Å². The van der Waals surface area contributed by atoms with Crippen molar-refractivity contribution in [2.45, 2.75) is 12.6 Å². The maximum absolute atomic E-state index is 13.0. The molecule has 0 atom stereocenters. The number of nitriles is 1. The number of carbonyl (C=O) groups excluding carboxylic acids is 1. The first kappa shape index (κ1) is 19.8. The van der Waals surface area contributed by atoms with E-state index < -0.39 is 5.91 Å². The monoisotopic (exact) mass is 385 g/mol. The Morgan fingerprint density at radius 3 is 2.00 bits per heavy atom. The molecule has 0 spiro atoms. The lowest BCUT2D eigenvalue weighted by molar-refractivity contribution is -0.117. The van der Waals surface area contributed by atoms with E-state index in [2.05, 4.69) is 10.6 Å². The smallest absolute Gasteiger partial charge is 0.264 e. The standard InChI is InChI=1S/C24H20FN3O/c25-22-13-11-18(12-14-22)16-27-17-21(15-26)24(29)28-23(19-7-3-1-4-8-19)20-9-5-2-6-10-20/h1-14,17,23,27H,16H2,(H,28,29)/b21-17-. The van der Waals surface area contributed by atoms with Gasteiger partial charge in [0.25, 0.3) is 5.91 Å². The molecule has 0 aliphatic rings. The number of hydrogen-bond donors (Lipinski definition) is 2. The number of amides is 1. The van der Waals surface area contributed by atoms with Gasteiger partial charge in [-0.15, -0.1) is 0 Å². The van der Waals surface area contributed by atoms with Crippen LogP contribution in [0.2, 0.25) is 0 Å². The van der Waals surface area contributed by atoms with Gasteiger partial charge in [-0.25, -0.2) is 4.39 Å². The van der Waals surface area contributed by atoms with E-state index >= 15 is 0 Å². The van der Waals surface area contributed by atoms with Crippen LogP contribution in [0.5, 0.6) is 0 Å². The van der Waals surface area contributed by atoms with E-state index in [1.807, 2.05) is 66.7 Å². The fourth-order valence-corrected chi connectivity index (χ4v) is 2.88. The predicted molar refractivity (Wildman–Crippen MR) is 110 cm³/mol. The van der Waals surface area contributed by atoms with Crippen molar-refractivity contribution in [3.63, 3.8) is 0 Å². The lowest BCUT2D eigenvalue weighted by Gasteiger charge is -2.19. The Labute approximate surface area is 169 Å². The molecule has 0 radical (unpaired) electrons. The summed E-state index contributed by atoms with van der Waals surface area (Å²) in [6.07, 6.45) is 1.38. The number of halogens is 1. The predicted octanol–water partition coefficient (Wildman–Crippen LogP) is 4.23. The van der Waals surface area contributed by atoms with Gasteiger partial charge < -0.3 is 10.6 Å². The molecule has 3 aromatic rings. The maximum Gasteiger partial charge on any atom is 0.264 e. The van der Waals surface area contributed by atoms with E-state index in [0.717, 1.165) is 16.7 Å². The van der Waals surface area contributed by atoms with Crippen molar-refractivity contribution < 1.29 is 9.18 Å². The Balaban J connectivity index is 1.73. The van der Waals surface area contributed by atoms with Crippen LogP contribution >= 0.6 is 0 Å². The molecular formula is C24H20FN3O. The summed E-state index contributed by atoms with van der Waals surface area (Å²) >= 11 is 0. The number of rotatable bonds is 7. The van der Waals surface area contributed by atoms with E-state index in [1.165, 1.54) is 18.3 Å². The quantitative estimate of drug-likeness (QED) is 0.473. The summed E-state index contributed by atoms with van der Waals surface area (Å²) in [7, 11) is 0. The first-order chi connectivity index (χ1) is 14.2. The minimum atomic E-state index is -0.475. The summed E-state index contributed by atoms with van der Waals surface area (Å²) in [5.41, 5.74) is 2.64. The molecule has 0 fully saturated rings. The Hall–Kier alpha value is -3.91. The minimum absolute atomic E-state index is 0.0380. The van der Waals surface area contributed by atoms with Gasteiger partial charge in [0, 0.05) is 12.7 Å². The van der Waals surface area contributed by atoms with Crippen molar-refractivity contribution in [1.82, 2.24) is 10.6 Å². The van der Waals surface area contributed by atoms with Crippen molar-refractivity contribution in [1.29, 1.82) is 5.26 Å². The van der Waals surface area contributed by atoms with Crippen LogP contribution in [0.15, 0.2) is 96.7 Å². The highest BCUT2D eigenvalue weighted by atomic mass is 19.1. The molecule has 144 valence electrons. The molecule has 0 aliphatic heterocycles. The molecule has 29 heavy (non-hydrogen) atoms. The number of benzene rings is 3. The van der Waals surface area contributed by atoms with Crippen molar-refractivity contribution in [2.75, 3.05) is 0 Å². The number of carbonyl (C=O) groups is 1. The average molecular weight is 385 g/mol. The highest BCUT2D eigenvalue weighted by molar-refractivity contribution is 5.97. The molecule has 3 rings (SSSR count). The molecule has 0 aromatic heterocycles. The number of nitrogens with one attached hydrogen (secondary N) is 2. The third-order valence-electron chi connectivity index (χ3n) is 4.37. The fourth-order valence-electron chi connectivity index (χ4n) is 2.88.